The predicted molar refractivity (Wildman–Crippen MR) is 86.8 cm³/mol. The molecule has 0 radical (unpaired) electrons. The van der Waals surface area contributed by atoms with Crippen LogP contribution in [0.5, 0.6) is 0 Å². The molecule has 1 heterocycles. The molecule has 0 spiro atoms. The molecule has 1 aromatic carbocycles. The fraction of sp³-hybridized carbons (Fsp3) is 0.333. The summed E-state index contributed by atoms with van der Waals surface area (Å²) in [6, 6.07) is 11.7. The maximum Gasteiger partial charge on any atom is 0.337 e. The molecule has 1 aromatic rings. The Morgan fingerprint density at radius 2 is 2.08 bits per heavy atom. The van der Waals surface area contributed by atoms with Crippen LogP contribution in [0.1, 0.15) is 19.4 Å². The molecule has 0 saturated heterocycles. The van der Waals surface area contributed by atoms with Crippen LogP contribution in [0, 0.1) is 17.2 Å². The molecule has 1 unspecified atom stereocenters. The molecule has 1 aliphatic heterocycles. The Hall–Kier alpha value is -2.78. The average molecular weight is 328 g/mol. The summed E-state index contributed by atoms with van der Waals surface area (Å²) in [5, 5.41) is 9.43. The smallest absolute Gasteiger partial charge is 0.337 e. The molecule has 2 atom stereocenters. The number of carbonyl (C=O) groups excluding carboxylic acids is 1. The number of nitrogens with two attached hydrogens (primary N) is 1. The third-order valence-electron chi connectivity index (χ3n) is 3.88. The van der Waals surface area contributed by atoms with Crippen molar-refractivity contribution in [1.82, 2.24) is 0 Å². The van der Waals surface area contributed by atoms with Crippen molar-refractivity contribution >= 4 is 5.97 Å². The van der Waals surface area contributed by atoms with Crippen molar-refractivity contribution in [2.75, 3.05) is 7.11 Å². The van der Waals surface area contributed by atoms with Crippen LogP contribution < -0.4 is 5.73 Å². The van der Waals surface area contributed by atoms with E-state index in [9.17, 15) is 10.1 Å². The Bertz CT molecular complexity index is 716. The zero-order chi connectivity index (χ0) is 17.7. The van der Waals surface area contributed by atoms with Crippen LogP contribution in [0.2, 0.25) is 0 Å². The van der Waals surface area contributed by atoms with Crippen molar-refractivity contribution in [2.45, 2.75) is 26.6 Å². The molecule has 6 nitrogen and oxygen atoms in total. The van der Waals surface area contributed by atoms with E-state index in [0.717, 1.165) is 5.56 Å². The molecule has 0 aliphatic carbocycles. The number of hydrogen-bond acceptors (Lipinski definition) is 6. The van der Waals surface area contributed by atoms with E-state index in [-0.39, 0.29) is 17.0 Å². The molecule has 0 fully saturated rings. The van der Waals surface area contributed by atoms with E-state index in [2.05, 4.69) is 0 Å². The number of hydrogen-bond donors (Lipinski definition) is 1. The molecule has 0 amide bonds. The number of ether oxygens (including phenoxy) is 3. The molecule has 2 N–H and O–H groups in total. The third-order valence-corrected chi connectivity index (χ3v) is 3.88. The highest BCUT2D eigenvalue weighted by Gasteiger charge is 2.38. The van der Waals surface area contributed by atoms with E-state index in [0.29, 0.717) is 12.4 Å². The highest BCUT2D eigenvalue weighted by Crippen LogP contribution is 2.35. The minimum atomic E-state index is -0.639. The van der Waals surface area contributed by atoms with E-state index in [4.69, 9.17) is 19.9 Å². The lowest BCUT2D eigenvalue weighted by Crippen LogP contribution is -2.34. The van der Waals surface area contributed by atoms with Gasteiger partial charge in [-0.25, -0.2) is 4.79 Å². The molecular formula is C18H20N2O4. The van der Waals surface area contributed by atoms with Crippen molar-refractivity contribution in [3.63, 3.8) is 0 Å². The van der Waals surface area contributed by atoms with Gasteiger partial charge in [0.1, 0.15) is 11.8 Å². The molecule has 126 valence electrons. The summed E-state index contributed by atoms with van der Waals surface area (Å²) in [7, 11) is 1.28. The monoisotopic (exact) mass is 328 g/mol. The second kappa shape index (κ2) is 7.66. The Balaban J connectivity index is 2.28. The van der Waals surface area contributed by atoms with Gasteiger partial charge in [0, 0.05) is 0 Å². The number of esters is 1. The lowest BCUT2D eigenvalue weighted by atomic mass is 9.85. The van der Waals surface area contributed by atoms with Crippen molar-refractivity contribution in [2.24, 2.45) is 11.7 Å². The van der Waals surface area contributed by atoms with Crippen LogP contribution in [0.25, 0.3) is 0 Å². The third kappa shape index (κ3) is 3.58. The number of allylic oxidation sites excluding steroid dienone is 1. The van der Waals surface area contributed by atoms with Crippen LogP contribution in [-0.2, 0) is 25.6 Å². The number of carbonyl (C=O) groups is 1. The van der Waals surface area contributed by atoms with E-state index < -0.39 is 18.0 Å². The summed E-state index contributed by atoms with van der Waals surface area (Å²) in [4.78, 5) is 12.1. The summed E-state index contributed by atoms with van der Waals surface area (Å²) in [6.07, 6.45) is -0.466. The van der Waals surface area contributed by atoms with Crippen LogP contribution >= 0.6 is 0 Å². The van der Waals surface area contributed by atoms with Crippen LogP contribution in [-0.4, -0.2) is 19.2 Å². The van der Waals surface area contributed by atoms with Gasteiger partial charge in [-0.2, -0.15) is 5.26 Å². The van der Waals surface area contributed by atoms with Gasteiger partial charge in [-0.05, 0) is 19.4 Å². The Morgan fingerprint density at radius 3 is 2.67 bits per heavy atom. The first-order valence-electron chi connectivity index (χ1n) is 7.51. The van der Waals surface area contributed by atoms with Crippen LogP contribution in [0.4, 0.5) is 0 Å². The fourth-order valence-electron chi connectivity index (χ4n) is 2.66. The van der Waals surface area contributed by atoms with Crippen LogP contribution in [0.3, 0.4) is 0 Å². The molecule has 0 aromatic heterocycles. The van der Waals surface area contributed by atoms with Crippen molar-refractivity contribution < 1.29 is 19.0 Å². The average Bonchev–Trinajstić information content (AvgIpc) is 2.59. The number of nitriles is 1. The van der Waals surface area contributed by atoms with Crippen molar-refractivity contribution in [1.29, 1.82) is 5.26 Å². The summed E-state index contributed by atoms with van der Waals surface area (Å²) in [5.74, 6) is -0.894. The van der Waals surface area contributed by atoms with Crippen molar-refractivity contribution in [3.05, 3.63) is 58.7 Å². The van der Waals surface area contributed by atoms with E-state index >= 15 is 0 Å². The van der Waals surface area contributed by atoms with Gasteiger partial charge in [-0.1, -0.05) is 30.3 Å². The zero-order valence-corrected chi connectivity index (χ0v) is 13.9. The minimum Gasteiger partial charge on any atom is -0.466 e. The highest BCUT2D eigenvalue weighted by atomic mass is 16.5. The van der Waals surface area contributed by atoms with Gasteiger partial charge in [0.25, 0.3) is 0 Å². The Labute approximate surface area is 141 Å². The topological polar surface area (TPSA) is 94.6 Å². The zero-order valence-electron chi connectivity index (χ0n) is 13.9. The number of rotatable bonds is 5. The fourth-order valence-corrected chi connectivity index (χ4v) is 2.66. The standard InChI is InChI=1S/C18H20N2O4/c1-11(23-10-13-7-5-4-6-8-13)15-14(9-19)17(20)24-12(2)16(15)18(21)22-3/h4-8,11,15H,10,20H2,1-3H3/t11-,15?/m0/s1. The molecule has 0 bridgehead atoms. The van der Waals surface area contributed by atoms with E-state index in [1.165, 1.54) is 7.11 Å². The van der Waals surface area contributed by atoms with Gasteiger partial charge in [-0.3, -0.25) is 0 Å². The minimum absolute atomic E-state index is 0.0113. The first-order chi connectivity index (χ1) is 11.5. The molecule has 1 aliphatic rings. The quantitative estimate of drug-likeness (QED) is 0.834. The number of nitrogens with zero attached hydrogens (tertiary/aromatic N) is 1. The highest BCUT2D eigenvalue weighted by molar-refractivity contribution is 5.91. The van der Waals surface area contributed by atoms with E-state index in [1.807, 2.05) is 36.4 Å². The maximum atomic E-state index is 12.1. The van der Waals surface area contributed by atoms with Crippen molar-refractivity contribution in [3.8, 4) is 6.07 Å². The summed E-state index contributed by atoms with van der Waals surface area (Å²) in [6.45, 7) is 3.76. The number of methoxy groups -OCH3 is 1. The summed E-state index contributed by atoms with van der Waals surface area (Å²) >= 11 is 0. The normalized spacial score (nSPS) is 18.7. The second-order valence-corrected chi connectivity index (χ2v) is 5.43. The lowest BCUT2D eigenvalue weighted by Gasteiger charge is -2.30. The van der Waals surface area contributed by atoms with Crippen LogP contribution in [0.15, 0.2) is 53.1 Å². The largest absolute Gasteiger partial charge is 0.466 e. The Morgan fingerprint density at radius 1 is 1.42 bits per heavy atom. The molecule has 6 heteroatoms. The molecular weight excluding hydrogens is 308 g/mol. The van der Waals surface area contributed by atoms with E-state index in [1.54, 1.807) is 13.8 Å². The maximum absolute atomic E-state index is 12.1. The Kier molecular flexibility index (Phi) is 5.61. The SMILES string of the molecule is COC(=O)C1=C(C)OC(N)=C(C#N)C1[C@H](C)OCc1ccccc1. The van der Waals surface area contributed by atoms with Gasteiger partial charge < -0.3 is 19.9 Å². The molecule has 2 rings (SSSR count). The first kappa shape index (κ1) is 17.6. The second-order valence-electron chi connectivity index (χ2n) is 5.43. The number of benzene rings is 1. The van der Waals surface area contributed by atoms with Gasteiger partial charge in [0.05, 0.1) is 36.9 Å². The predicted octanol–water partition coefficient (Wildman–Crippen LogP) is 2.38. The summed E-state index contributed by atoms with van der Waals surface area (Å²) in [5.41, 5.74) is 7.23. The summed E-state index contributed by atoms with van der Waals surface area (Å²) < 4.78 is 16.0. The van der Waals surface area contributed by atoms with Gasteiger partial charge in [0.15, 0.2) is 0 Å². The molecule has 24 heavy (non-hydrogen) atoms. The van der Waals surface area contributed by atoms with Gasteiger partial charge >= 0.3 is 5.97 Å². The molecule has 0 saturated carbocycles. The first-order valence-corrected chi connectivity index (χ1v) is 7.51. The lowest BCUT2D eigenvalue weighted by molar-refractivity contribution is -0.137. The van der Waals surface area contributed by atoms with Gasteiger partial charge in [-0.15, -0.1) is 0 Å². The van der Waals surface area contributed by atoms with Gasteiger partial charge in [0.2, 0.25) is 5.88 Å².